The minimum Gasteiger partial charge on any atom is -0.289 e. The van der Waals surface area contributed by atoms with Crippen LogP contribution in [0.4, 0.5) is 0 Å². The van der Waals surface area contributed by atoms with Crippen LogP contribution in [0.25, 0.3) is 16.9 Å². The highest BCUT2D eigenvalue weighted by molar-refractivity contribution is 5.93. The number of nitrogens with zero attached hydrogens (tertiary/aromatic N) is 2. The van der Waals surface area contributed by atoms with Crippen LogP contribution in [-0.4, -0.2) is 15.7 Å². The highest BCUT2D eigenvalue weighted by atomic mass is 16.2. The van der Waals surface area contributed by atoms with Gasteiger partial charge in [0.25, 0.3) is 5.91 Å². The summed E-state index contributed by atoms with van der Waals surface area (Å²) in [4.78, 5) is 11.9. The molecule has 1 aromatic heterocycles. The zero-order valence-electron chi connectivity index (χ0n) is 14.7. The lowest BCUT2D eigenvalue weighted by molar-refractivity contribution is 0.0948. The maximum Gasteiger partial charge on any atom is 0.285 e. The Bertz CT molecular complexity index is 894. The number of hydrogen-bond donors (Lipinski definition) is 2. The van der Waals surface area contributed by atoms with E-state index in [-0.39, 0.29) is 5.69 Å². The highest BCUT2D eigenvalue weighted by Crippen LogP contribution is 2.26. The molecule has 1 heterocycles. The maximum absolute atomic E-state index is 11.9. The molecule has 5 heteroatoms. The van der Waals surface area contributed by atoms with Crippen LogP contribution in [0.1, 0.15) is 41.4 Å². The Labute approximate surface area is 147 Å². The maximum atomic E-state index is 11.9. The standard InChI is InChI=1S/C20H22N4O/c1-13(2)15-7-9-16(10-8-15)19-12-18(20(25)22-21)23-24(19)17-6-4-5-14(3)11-17/h4-13H,21H2,1-3H3,(H,22,25). The first-order chi connectivity index (χ1) is 12.0. The molecule has 2 aromatic carbocycles. The van der Waals surface area contributed by atoms with Crippen molar-refractivity contribution in [1.82, 2.24) is 15.2 Å². The smallest absolute Gasteiger partial charge is 0.285 e. The Balaban J connectivity index is 2.13. The van der Waals surface area contributed by atoms with Crippen molar-refractivity contribution < 1.29 is 4.79 Å². The van der Waals surface area contributed by atoms with E-state index in [2.05, 4.69) is 48.6 Å². The molecule has 3 N–H and O–H groups in total. The summed E-state index contributed by atoms with van der Waals surface area (Å²) in [6.07, 6.45) is 0. The van der Waals surface area contributed by atoms with Crippen LogP contribution in [-0.2, 0) is 0 Å². The van der Waals surface area contributed by atoms with Gasteiger partial charge in [-0.25, -0.2) is 10.5 Å². The molecule has 0 saturated heterocycles. The molecule has 0 aliphatic heterocycles. The van der Waals surface area contributed by atoms with Crippen molar-refractivity contribution in [3.05, 3.63) is 71.4 Å². The molecule has 5 nitrogen and oxygen atoms in total. The number of nitrogens with two attached hydrogens (primary N) is 1. The lowest BCUT2D eigenvalue weighted by Crippen LogP contribution is -2.30. The SMILES string of the molecule is Cc1cccc(-n2nc(C(=O)NN)cc2-c2ccc(C(C)C)cc2)c1. The van der Waals surface area contributed by atoms with E-state index in [0.717, 1.165) is 22.5 Å². The molecular weight excluding hydrogens is 312 g/mol. The molecule has 0 radical (unpaired) electrons. The number of aryl methyl sites for hydroxylation is 1. The van der Waals surface area contributed by atoms with Gasteiger partial charge in [0, 0.05) is 5.56 Å². The largest absolute Gasteiger partial charge is 0.289 e. The molecule has 0 aliphatic carbocycles. The summed E-state index contributed by atoms with van der Waals surface area (Å²) in [6.45, 7) is 6.35. The van der Waals surface area contributed by atoms with E-state index in [0.29, 0.717) is 5.92 Å². The summed E-state index contributed by atoms with van der Waals surface area (Å²) in [5.41, 5.74) is 7.57. The molecule has 3 aromatic rings. The van der Waals surface area contributed by atoms with Gasteiger partial charge in [0.1, 0.15) is 0 Å². The van der Waals surface area contributed by atoms with Crippen LogP contribution in [0, 0.1) is 6.92 Å². The van der Waals surface area contributed by atoms with E-state index in [4.69, 9.17) is 5.84 Å². The molecule has 0 unspecified atom stereocenters. The Morgan fingerprint density at radius 2 is 1.84 bits per heavy atom. The van der Waals surface area contributed by atoms with Crippen LogP contribution in [0.3, 0.4) is 0 Å². The summed E-state index contributed by atoms with van der Waals surface area (Å²) in [5.74, 6) is 5.33. The molecule has 3 rings (SSSR count). The zero-order valence-corrected chi connectivity index (χ0v) is 14.7. The average Bonchev–Trinajstić information content (AvgIpc) is 3.06. The van der Waals surface area contributed by atoms with Crippen LogP contribution in [0.2, 0.25) is 0 Å². The van der Waals surface area contributed by atoms with Crippen molar-refractivity contribution in [1.29, 1.82) is 0 Å². The molecule has 0 fully saturated rings. The Morgan fingerprint density at radius 3 is 2.44 bits per heavy atom. The summed E-state index contributed by atoms with van der Waals surface area (Å²) in [7, 11) is 0. The summed E-state index contributed by atoms with van der Waals surface area (Å²) in [5, 5.41) is 4.45. The van der Waals surface area contributed by atoms with Crippen molar-refractivity contribution in [3.8, 4) is 16.9 Å². The van der Waals surface area contributed by atoms with Gasteiger partial charge in [0.05, 0.1) is 11.4 Å². The van der Waals surface area contributed by atoms with Crippen molar-refractivity contribution in [3.63, 3.8) is 0 Å². The van der Waals surface area contributed by atoms with E-state index in [1.54, 1.807) is 10.7 Å². The summed E-state index contributed by atoms with van der Waals surface area (Å²) in [6, 6.07) is 18.1. The topological polar surface area (TPSA) is 72.9 Å². The number of hydrazine groups is 1. The Hall–Kier alpha value is -2.92. The fraction of sp³-hybridized carbons (Fsp3) is 0.200. The van der Waals surface area contributed by atoms with Gasteiger partial charge in [-0.15, -0.1) is 0 Å². The molecule has 0 bridgehead atoms. The first kappa shape index (κ1) is 16.9. The predicted molar refractivity (Wildman–Crippen MR) is 99.5 cm³/mol. The van der Waals surface area contributed by atoms with Gasteiger partial charge >= 0.3 is 0 Å². The lowest BCUT2D eigenvalue weighted by Gasteiger charge is -2.10. The first-order valence-corrected chi connectivity index (χ1v) is 8.28. The number of aromatic nitrogens is 2. The minimum absolute atomic E-state index is 0.284. The van der Waals surface area contributed by atoms with E-state index >= 15 is 0 Å². The predicted octanol–water partition coefficient (Wildman–Crippen LogP) is 3.57. The second kappa shape index (κ2) is 6.91. The first-order valence-electron chi connectivity index (χ1n) is 8.28. The third-order valence-corrected chi connectivity index (χ3v) is 4.19. The van der Waals surface area contributed by atoms with E-state index in [1.165, 1.54) is 5.56 Å². The fourth-order valence-electron chi connectivity index (χ4n) is 2.77. The molecule has 1 amide bonds. The number of carbonyl (C=O) groups excluding carboxylic acids is 1. The van der Waals surface area contributed by atoms with Gasteiger partial charge in [-0.3, -0.25) is 10.2 Å². The number of amides is 1. The lowest BCUT2D eigenvalue weighted by atomic mass is 10.0. The quantitative estimate of drug-likeness (QED) is 0.435. The monoisotopic (exact) mass is 334 g/mol. The van der Waals surface area contributed by atoms with Crippen molar-refractivity contribution in [2.24, 2.45) is 5.84 Å². The Morgan fingerprint density at radius 1 is 1.12 bits per heavy atom. The van der Waals surface area contributed by atoms with Crippen molar-refractivity contribution in [2.45, 2.75) is 26.7 Å². The molecule has 128 valence electrons. The van der Waals surface area contributed by atoms with Crippen LogP contribution in [0.5, 0.6) is 0 Å². The number of nitrogen functional groups attached to an aromatic ring is 1. The summed E-state index contributed by atoms with van der Waals surface area (Å²) < 4.78 is 1.78. The Kier molecular flexibility index (Phi) is 4.67. The number of rotatable bonds is 4. The highest BCUT2D eigenvalue weighted by Gasteiger charge is 2.16. The van der Waals surface area contributed by atoms with Crippen LogP contribution >= 0.6 is 0 Å². The molecule has 25 heavy (non-hydrogen) atoms. The van der Waals surface area contributed by atoms with E-state index < -0.39 is 5.91 Å². The minimum atomic E-state index is -0.411. The van der Waals surface area contributed by atoms with Gasteiger partial charge in [-0.2, -0.15) is 5.10 Å². The zero-order chi connectivity index (χ0) is 18.0. The molecule has 0 atom stereocenters. The van der Waals surface area contributed by atoms with Gasteiger partial charge in [-0.1, -0.05) is 50.2 Å². The number of hydrogen-bond acceptors (Lipinski definition) is 3. The second-order valence-electron chi connectivity index (χ2n) is 6.42. The molecule has 0 saturated carbocycles. The third kappa shape index (κ3) is 3.46. The number of nitrogens with one attached hydrogen (secondary N) is 1. The van der Waals surface area contributed by atoms with Gasteiger partial charge in [-0.05, 0) is 42.2 Å². The molecular formula is C20H22N4O. The van der Waals surface area contributed by atoms with Crippen LogP contribution in [0.15, 0.2) is 54.6 Å². The average molecular weight is 334 g/mol. The number of benzene rings is 2. The molecule has 0 aliphatic rings. The molecule has 0 spiro atoms. The third-order valence-electron chi connectivity index (χ3n) is 4.19. The second-order valence-corrected chi connectivity index (χ2v) is 6.42. The van der Waals surface area contributed by atoms with E-state index in [9.17, 15) is 4.79 Å². The van der Waals surface area contributed by atoms with Crippen molar-refractivity contribution >= 4 is 5.91 Å². The van der Waals surface area contributed by atoms with E-state index in [1.807, 2.05) is 31.2 Å². The van der Waals surface area contributed by atoms with Gasteiger partial charge in [0.15, 0.2) is 5.69 Å². The van der Waals surface area contributed by atoms with Crippen LogP contribution < -0.4 is 11.3 Å². The summed E-state index contributed by atoms with van der Waals surface area (Å²) >= 11 is 0. The fourth-order valence-corrected chi connectivity index (χ4v) is 2.77. The van der Waals surface area contributed by atoms with Gasteiger partial charge < -0.3 is 0 Å². The normalized spacial score (nSPS) is 10.9. The van der Waals surface area contributed by atoms with Gasteiger partial charge in [0.2, 0.25) is 0 Å². The van der Waals surface area contributed by atoms with Crippen molar-refractivity contribution in [2.75, 3.05) is 0 Å². The number of carbonyl (C=O) groups is 1.